The van der Waals surface area contributed by atoms with Crippen LogP contribution in [-0.2, 0) is 9.53 Å². The van der Waals surface area contributed by atoms with E-state index in [4.69, 9.17) is 4.74 Å². The Balaban J connectivity index is 1.75. The summed E-state index contributed by atoms with van der Waals surface area (Å²) in [6.45, 7) is 2.01. The molecule has 0 aliphatic heterocycles. The molecule has 0 amide bonds. The molecule has 0 spiro atoms. The van der Waals surface area contributed by atoms with Gasteiger partial charge in [-0.1, -0.05) is 25.7 Å². The molecule has 0 heterocycles. The summed E-state index contributed by atoms with van der Waals surface area (Å²) in [6, 6.07) is 0. The van der Waals surface area contributed by atoms with Gasteiger partial charge in [-0.3, -0.25) is 4.79 Å². The predicted octanol–water partition coefficient (Wildman–Crippen LogP) is 2.45. The molecule has 98 valence electrons. The zero-order chi connectivity index (χ0) is 12.3. The molecule has 3 heteroatoms. The molecule has 0 atom stereocenters. The van der Waals surface area contributed by atoms with E-state index in [1.54, 1.807) is 0 Å². The van der Waals surface area contributed by atoms with Crippen molar-refractivity contribution < 1.29 is 9.53 Å². The van der Waals surface area contributed by atoms with Crippen molar-refractivity contribution in [2.24, 2.45) is 11.3 Å². The number of methoxy groups -OCH3 is 1. The van der Waals surface area contributed by atoms with Gasteiger partial charge in [-0.25, -0.2) is 0 Å². The minimum Gasteiger partial charge on any atom is -0.469 e. The minimum atomic E-state index is -0.177. The molecule has 0 aromatic carbocycles. The molecule has 0 N–H and O–H groups in total. The highest BCUT2D eigenvalue weighted by molar-refractivity contribution is 5.78. The molecule has 3 nitrogen and oxygen atoms in total. The van der Waals surface area contributed by atoms with E-state index in [0.717, 1.165) is 31.8 Å². The molecule has 2 saturated carbocycles. The van der Waals surface area contributed by atoms with Gasteiger partial charge < -0.3 is 9.64 Å². The van der Waals surface area contributed by atoms with Crippen molar-refractivity contribution in [3.05, 3.63) is 0 Å². The first-order chi connectivity index (χ1) is 8.16. The Labute approximate surface area is 105 Å². The van der Waals surface area contributed by atoms with Crippen LogP contribution in [0.3, 0.4) is 0 Å². The van der Waals surface area contributed by atoms with Gasteiger partial charge in [0.2, 0.25) is 0 Å². The molecule has 2 fully saturated rings. The molecule has 0 aromatic rings. The summed E-state index contributed by atoms with van der Waals surface area (Å²) in [5.41, 5.74) is -0.177. The quantitative estimate of drug-likeness (QED) is 0.667. The minimum absolute atomic E-state index is 0.000700. The SMILES string of the molecule is COC(=O)C1(CN(C)CCC2CCC2)CCC1. The number of carbonyl (C=O) groups is 1. The first-order valence-corrected chi connectivity index (χ1v) is 6.93. The Kier molecular flexibility index (Phi) is 4.08. The summed E-state index contributed by atoms with van der Waals surface area (Å²) in [5.74, 6) is 0.951. The van der Waals surface area contributed by atoms with Crippen LogP contribution >= 0.6 is 0 Å². The second-order valence-corrected chi connectivity index (χ2v) is 5.95. The summed E-state index contributed by atoms with van der Waals surface area (Å²) in [6.07, 6.45) is 8.73. The van der Waals surface area contributed by atoms with Gasteiger partial charge >= 0.3 is 5.97 Å². The second kappa shape index (κ2) is 5.38. The lowest BCUT2D eigenvalue weighted by atomic mass is 9.68. The van der Waals surface area contributed by atoms with Crippen LogP contribution in [0.2, 0.25) is 0 Å². The molecule has 2 aliphatic carbocycles. The van der Waals surface area contributed by atoms with Gasteiger partial charge in [0.1, 0.15) is 0 Å². The molecule has 0 bridgehead atoms. The maximum atomic E-state index is 11.8. The van der Waals surface area contributed by atoms with Crippen LogP contribution in [0.5, 0.6) is 0 Å². The summed E-state index contributed by atoms with van der Waals surface area (Å²) < 4.78 is 4.95. The molecule has 2 rings (SSSR count). The van der Waals surface area contributed by atoms with E-state index in [9.17, 15) is 4.79 Å². The summed E-state index contributed by atoms with van der Waals surface area (Å²) in [4.78, 5) is 14.1. The molecule has 0 unspecified atom stereocenters. The summed E-state index contributed by atoms with van der Waals surface area (Å²) in [7, 11) is 3.65. The molecule has 0 radical (unpaired) electrons. The standard InChI is InChI=1S/C14H25NO2/c1-15(10-7-12-5-3-6-12)11-14(8-4-9-14)13(16)17-2/h12H,3-11H2,1-2H3. The average molecular weight is 239 g/mol. The van der Waals surface area contributed by atoms with Gasteiger partial charge in [-0.2, -0.15) is 0 Å². The van der Waals surface area contributed by atoms with Crippen LogP contribution < -0.4 is 0 Å². The number of rotatable bonds is 6. The lowest BCUT2D eigenvalue weighted by molar-refractivity contribution is -0.160. The van der Waals surface area contributed by atoms with Gasteiger partial charge in [0.15, 0.2) is 0 Å². The monoisotopic (exact) mass is 239 g/mol. The highest BCUT2D eigenvalue weighted by Gasteiger charge is 2.45. The third kappa shape index (κ3) is 2.82. The van der Waals surface area contributed by atoms with E-state index >= 15 is 0 Å². The van der Waals surface area contributed by atoms with Crippen molar-refractivity contribution in [3.8, 4) is 0 Å². The normalized spacial score (nSPS) is 23.0. The number of carbonyl (C=O) groups excluding carboxylic acids is 1. The van der Waals surface area contributed by atoms with Gasteiger partial charge in [0, 0.05) is 6.54 Å². The summed E-state index contributed by atoms with van der Waals surface area (Å²) in [5, 5.41) is 0. The third-order valence-corrected chi connectivity index (χ3v) is 4.65. The zero-order valence-electron chi connectivity index (χ0n) is 11.2. The number of hydrogen-bond donors (Lipinski definition) is 0. The highest BCUT2D eigenvalue weighted by atomic mass is 16.5. The van der Waals surface area contributed by atoms with E-state index in [1.165, 1.54) is 39.2 Å². The Morgan fingerprint density at radius 2 is 2.06 bits per heavy atom. The molecular formula is C14H25NO2. The topological polar surface area (TPSA) is 29.5 Å². The van der Waals surface area contributed by atoms with E-state index in [0.29, 0.717) is 0 Å². The van der Waals surface area contributed by atoms with Crippen molar-refractivity contribution in [1.29, 1.82) is 0 Å². The molecule has 2 aliphatic rings. The van der Waals surface area contributed by atoms with E-state index in [2.05, 4.69) is 11.9 Å². The van der Waals surface area contributed by atoms with Crippen LogP contribution in [0.1, 0.15) is 44.9 Å². The number of nitrogens with zero attached hydrogens (tertiary/aromatic N) is 1. The number of hydrogen-bond acceptors (Lipinski definition) is 3. The third-order valence-electron chi connectivity index (χ3n) is 4.65. The first-order valence-electron chi connectivity index (χ1n) is 6.93. The van der Waals surface area contributed by atoms with Gasteiger partial charge in [0.25, 0.3) is 0 Å². The number of esters is 1. The summed E-state index contributed by atoms with van der Waals surface area (Å²) >= 11 is 0. The lowest BCUT2D eigenvalue weighted by Crippen LogP contribution is -2.47. The Morgan fingerprint density at radius 1 is 1.35 bits per heavy atom. The fourth-order valence-electron chi connectivity index (χ4n) is 3.03. The van der Waals surface area contributed by atoms with Gasteiger partial charge in [-0.15, -0.1) is 0 Å². The lowest BCUT2D eigenvalue weighted by Gasteiger charge is -2.41. The van der Waals surface area contributed by atoms with E-state index < -0.39 is 0 Å². The van der Waals surface area contributed by atoms with Crippen molar-refractivity contribution in [1.82, 2.24) is 4.90 Å². The van der Waals surface area contributed by atoms with E-state index in [1.807, 2.05) is 0 Å². The average Bonchev–Trinajstić information content (AvgIpc) is 2.20. The number of ether oxygens (including phenoxy) is 1. The second-order valence-electron chi connectivity index (χ2n) is 5.95. The Hall–Kier alpha value is -0.570. The highest BCUT2D eigenvalue weighted by Crippen LogP contribution is 2.42. The van der Waals surface area contributed by atoms with Gasteiger partial charge in [-0.05, 0) is 38.8 Å². The maximum Gasteiger partial charge on any atom is 0.313 e. The van der Waals surface area contributed by atoms with E-state index in [-0.39, 0.29) is 11.4 Å². The zero-order valence-corrected chi connectivity index (χ0v) is 11.2. The Bertz CT molecular complexity index is 269. The molecule has 17 heavy (non-hydrogen) atoms. The fourth-order valence-corrected chi connectivity index (χ4v) is 3.03. The van der Waals surface area contributed by atoms with Gasteiger partial charge in [0.05, 0.1) is 12.5 Å². The van der Waals surface area contributed by atoms with Crippen LogP contribution in [0.15, 0.2) is 0 Å². The maximum absolute atomic E-state index is 11.8. The molecule has 0 saturated heterocycles. The van der Waals surface area contributed by atoms with Crippen molar-refractivity contribution >= 4 is 5.97 Å². The Morgan fingerprint density at radius 3 is 2.47 bits per heavy atom. The fraction of sp³-hybridized carbons (Fsp3) is 0.929. The largest absolute Gasteiger partial charge is 0.469 e. The predicted molar refractivity (Wildman–Crippen MR) is 67.8 cm³/mol. The van der Waals surface area contributed by atoms with Crippen molar-refractivity contribution in [3.63, 3.8) is 0 Å². The molecule has 0 aromatic heterocycles. The van der Waals surface area contributed by atoms with Crippen LogP contribution in [-0.4, -0.2) is 38.1 Å². The van der Waals surface area contributed by atoms with Crippen molar-refractivity contribution in [2.75, 3.05) is 27.2 Å². The first kappa shape index (κ1) is 12.9. The van der Waals surface area contributed by atoms with Crippen LogP contribution in [0, 0.1) is 11.3 Å². The van der Waals surface area contributed by atoms with Crippen LogP contribution in [0.4, 0.5) is 0 Å². The van der Waals surface area contributed by atoms with Crippen molar-refractivity contribution in [2.45, 2.75) is 44.9 Å². The van der Waals surface area contributed by atoms with Crippen LogP contribution in [0.25, 0.3) is 0 Å². The molecular weight excluding hydrogens is 214 g/mol. The smallest absolute Gasteiger partial charge is 0.313 e.